The Morgan fingerprint density at radius 1 is 1.10 bits per heavy atom. The van der Waals surface area contributed by atoms with Crippen LogP contribution in [-0.4, -0.2) is 58.6 Å². The zero-order valence-corrected chi connectivity index (χ0v) is 19.1. The molecule has 1 aromatic heterocycles. The molecule has 4 rings (SSSR count). The van der Waals surface area contributed by atoms with Gasteiger partial charge in [0.05, 0.1) is 6.20 Å². The van der Waals surface area contributed by atoms with Crippen molar-refractivity contribution in [1.29, 1.82) is 0 Å². The van der Waals surface area contributed by atoms with E-state index in [9.17, 15) is 4.79 Å². The number of rotatable bonds is 6. The quantitative estimate of drug-likeness (QED) is 0.612. The van der Waals surface area contributed by atoms with Gasteiger partial charge in [-0.05, 0) is 56.5 Å². The second-order valence-corrected chi connectivity index (χ2v) is 8.23. The van der Waals surface area contributed by atoms with E-state index in [1.54, 1.807) is 0 Å². The van der Waals surface area contributed by atoms with Crippen molar-refractivity contribution in [3.8, 4) is 11.1 Å². The number of aromatic amines is 1. The molecule has 0 bridgehead atoms. The van der Waals surface area contributed by atoms with Crippen molar-refractivity contribution >= 4 is 18.3 Å². The molecule has 164 valence electrons. The van der Waals surface area contributed by atoms with Crippen molar-refractivity contribution in [2.75, 3.05) is 26.7 Å². The predicted molar refractivity (Wildman–Crippen MR) is 128 cm³/mol. The summed E-state index contributed by atoms with van der Waals surface area (Å²) < 4.78 is 0. The maximum atomic E-state index is 12.9. The molecule has 5 nitrogen and oxygen atoms in total. The number of halogens is 1. The molecule has 0 atom stereocenters. The van der Waals surface area contributed by atoms with Gasteiger partial charge in [0, 0.05) is 42.5 Å². The second kappa shape index (κ2) is 10.6. The summed E-state index contributed by atoms with van der Waals surface area (Å²) in [6.07, 6.45) is 4.96. The van der Waals surface area contributed by atoms with Gasteiger partial charge < -0.3 is 9.80 Å². The maximum absolute atomic E-state index is 12.9. The summed E-state index contributed by atoms with van der Waals surface area (Å²) in [4.78, 5) is 17.4. The van der Waals surface area contributed by atoms with E-state index in [1.165, 1.54) is 5.56 Å². The van der Waals surface area contributed by atoms with E-state index >= 15 is 0 Å². The van der Waals surface area contributed by atoms with Crippen LogP contribution in [-0.2, 0) is 6.42 Å². The number of aryl methyl sites for hydroxylation is 1. The van der Waals surface area contributed by atoms with Crippen LogP contribution >= 0.6 is 12.4 Å². The number of benzene rings is 2. The van der Waals surface area contributed by atoms with Crippen LogP contribution < -0.4 is 0 Å². The molecule has 0 saturated carbocycles. The molecule has 31 heavy (non-hydrogen) atoms. The number of nitrogens with one attached hydrogen (secondary N) is 1. The average Bonchev–Trinajstić information content (AvgIpc) is 3.23. The van der Waals surface area contributed by atoms with E-state index in [1.807, 2.05) is 42.3 Å². The number of hydrogen-bond acceptors (Lipinski definition) is 3. The normalized spacial score (nSPS) is 14.5. The summed E-state index contributed by atoms with van der Waals surface area (Å²) in [5, 5.41) is 7.03. The molecule has 1 amide bonds. The third-order valence-corrected chi connectivity index (χ3v) is 6.24. The highest BCUT2D eigenvalue weighted by Gasteiger charge is 2.25. The van der Waals surface area contributed by atoms with E-state index in [0.29, 0.717) is 6.04 Å². The van der Waals surface area contributed by atoms with Gasteiger partial charge in [0.15, 0.2) is 0 Å². The number of likely N-dealkylation sites (N-methyl/N-ethyl adjacent to an activating group) is 1. The summed E-state index contributed by atoms with van der Waals surface area (Å²) in [5.41, 5.74) is 5.33. The molecule has 1 saturated heterocycles. The van der Waals surface area contributed by atoms with Crippen LogP contribution in [0.15, 0.2) is 60.8 Å². The molecule has 6 heteroatoms. The molecular weight excluding hydrogens is 408 g/mol. The summed E-state index contributed by atoms with van der Waals surface area (Å²) in [6, 6.07) is 19.1. The first-order valence-corrected chi connectivity index (χ1v) is 10.8. The molecule has 3 aromatic rings. The van der Waals surface area contributed by atoms with Gasteiger partial charge in [-0.2, -0.15) is 5.10 Å². The van der Waals surface area contributed by atoms with Crippen LogP contribution in [0.1, 0.15) is 34.5 Å². The van der Waals surface area contributed by atoms with Crippen molar-refractivity contribution in [3.63, 3.8) is 0 Å². The van der Waals surface area contributed by atoms with Gasteiger partial charge in [-0.3, -0.25) is 9.89 Å². The Balaban J connectivity index is 0.00000272. The van der Waals surface area contributed by atoms with Gasteiger partial charge in [0.25, 0.3) is 5.91 Å². The van der Waals surface area contributed by atoms with Gasteiger partial charge in [-0.25, -0.2) is 0 Å². The Labute approximate surface area is 190 Å². The van der Waals surface area contributed by atoms with Gasteiger partial charge in [0.1, 0.15) is 0 Å². The van der Waals surface area contributed by atoms with E-state index in [0.717, 1.165) is 61.3 Å². The van der Waals surface area contributed by atoms with E-state index in [4.69, 9.17) is 0 Å². The minimum Gasteiger partial charge on any atom is -0.339 e. The smallest absolute Gasteiger partial charge is 0.253 e. The van der Waals surface area contributed by atoms with Crippen molar-refractivity contribution < 1.29 is 4.79 Å². The zero-order valence-electron chi connectivity index (χ0n) is 18.3. The molecule has 1 fully saturated rings. The number of H-pyrrole nitrogens is 1. The monoisotopic (exact) mass is 438 g/mol. The number of aromatic nitrogens is 2. The molecule has 1 N–H and O–H groups in total. The number of piperidine rings is 1. The number of amides is 1. The Bertz CT molecular complexity index is 963. The molecule has 1 aliphatic rings. The standard InChI is InChI=1S/C25H30N4O.ClH/c1-19-24(18-26-27-19)21-8-10-22(11-9-21)25(30)29-16-13-23(14-17-29)28(2)15-12-20-6-4-3-5-7-20;/h3-11,18,23H,12-17H2,1-2H3,(H,26,27);1H. The molecule has 0 unspecified atom stereocenters. The number of hydrogen-bond donors (Lipinski definition) is 1. The van der Waals surface area contributed by atoms with E-state index < -0.39 is 0 Å². The summed E-state index contributed by atoms with van der Waals surface area (Å²) in [7, 11) is 2.21. The van der Waals surface area contributed by atoms with Crippen molar-refractivity contribution in [1.82, 2.24) is 20.0 Å². The zero-order chi connectivity index (χ0) is 20.9. The highest BCUT2D eigenvalue weighted by molar-refractivity contribution is 5.94. The van der Waals surface area contributed by atoms with Crippen molar-refractivity contribution in [2.45, 2.75) is 32.2 Å². The van der Waals surface area contributed by atoms with Crippen LogP contribution in [0.3, 0.4) is 0 Å². The predicted octanol–water partition coefficient (Wildman–Crippen LogP) is 4.59. The first-order chi connectivity index (χ1) is 14.6. The Hall–Kier alpha value is -2.63. The van der Waals surface area contributed by atoms with Crippen LogP contribution in [0.2, 0.25) is 0 Å². The lowest BCUT2D eigenvalue weighted by atomic mass is 10.0. The molecule has 0 radical (unpaired) electrons. The molecule has 0 aliphatic carbocycles. The average molecular weight is 439 g/mol. The third-order valence-electron chi connectivity index (χ3n) is 6.24. The minimum absolute atomic E-state index is 0. The number of nitrogens with zero attached hydrogens (tertiary/aromatic N) is 3. The van der Waals surface area contributed by atoms with Gasteiger partial charge >= 0.3 is 0 Å². The first kappa shape index (κ1) is 23.0. The van der Waals surface area contributed by atoms with Crippen LogP contribution in [0.5, 0.6) is 0 Å². The van der Waals surface area contributed by atoms with Crippen LogP contribution in [0.25, 0.3) is 11.1 Å². The molecule has 0 spiro atoms. The summed E-state index contributed by atoms with van der Waals surface area (Å²) in [5.74, 6) is 0.135. The largest absolute Gasteiger partial charge is 0.339 e. The lowest BCUT2D eigenvalue weighted by Crippen LogP contribution is -2.46. The molecule has 2 aromatic carbocycles. The van der Waals surface area contributed by atoms with Crippen molar-refractivity contribution in [3.05, 3.63) is 77.6 Å². The van der Waals surface area contributed by atoms with Crippen molar-refractivity contribution in [2.24, 2.45) is 0 Å². The van der Waals surface area contributed by atoms with E-state index in [-0.39, 0.29) is 18.3 Å². The van der Waals surface area contributed by atoms with Crippen LogP contribution in [0, 0.1) is 6.92 Å². The topological polar surface area (TPSA) is 52.2 Å². The number of carbonyl (C=O) groups is 1. The maximum Gasteiger partial charge on any atom is 0.253 e. The first-order valence-electron chi connectivity index (χ1n) is 10.8. The Morgan fingerprint density at radius 2 is 1.77 bits per heavy atom. The SMILES string of the molecule is Cc1[nH]ncc1-c1ccc(C(=O)N2CCC(N(C)CCc3ccccc3)CC2)cc1.Cl. The Morgan fingerprint density at radius 3 is 2.39 bits per heavy atom. The summed E-state index contributed by atoms with van der Waals surface area (Å²) >= 11 is 0. The van der Waals surface area contributed by atoms with E-state index in [2.05, 4.69) is 52.5 Å². The summed E-state index contributed by atoms with van der Waals surface area (Å²) in [6.45, 7) is 4.70. The highest BCUT2D eigenvalue weighted by atomic mass is 35.5. The van der Waals surface area contributed by atoms with Gasteiger partial charge in [-0.15, -0.1) is 12.4 Å². The fraction of sp³-hybridized carbons (Fsp3) is 0.360. The number of likely N-dealkylation sites (tertiary alicyclic amines) is 1. The highest BCUT2D eigenvalue weighted by Crippen LogP contribution is 2.23. The molecule has 2 heterocycles. The lowest BCUT2D eigenvalue weighted by molar-refractivity contribution is 0.0647. The molecule has 1 aliphatic heterocycles. The lowest BCUT2D eigenvalue weighted by Gasteiger charge is -2.37. The third kappa shape index (κ3) is 5.54. The van der Waals surface area contributed by atoms with Crippen LogP contribution in [0.4, 0.5) is 0 Å². The van der Waals surface area contributed by atoms with Gasteiger partial charge in [-0.1, -0.05) is 42.5 Å². The fourth-order valence-corrected chi connectivity index (χ4v) is 4.26. The molecular formula is C25H31ClN4O. The van der Waals surface area contributed by atoms with Gasteiger partial charge in [0.2, 0.25) is 0 Å². The fourth-order valence-electron chi connectivity index (χ4n) is 4.26. The second-order valence-electron chi connectivity index (χ2n) is 8.23. The minimum atomic E-state index is 0. The Kier molecular flexibility index (Phi) is 7.88. The number of carbonyl (C=O) groups excluding carboxylic acids is 1.